The number of carbonyl (C=O) groups is 1. The Morgan fingerprint density at radius 3 is 3.00 bits per heavy atom. The van der Waals surface area contributed by atoms with E-state index in [1.165, 1.54) is 11.3 Å². The summed E-state index contributed by atoms with van der Waals surface area (Å²) in [7, 11) is 0. The molecule has 5 nitrogen and oxygen atoms in total. The molecule has 0 bridgehead atoms. The van der Waals surface area contributed by atoms with E-state index in [9.17, 15) is 9.90 Å². The lowest BCUT2D eigenvalue weighted by Crippen LogP contribution is -2.29. The minimum atomic E-state index is -0.367. The highest BCUT2D eigenvalue weighted by Gasteiger charge is 2.30. The zero-order valence-electron chi connectivity index (χ0n) is 11.8. The van der Waals surface area contributed by atoms with Crippen LogP contribution in [0.5, 0.6) is 0 Å². The van der Waals surface area contributed by atoms with Gasteiger partial charge in [-0.15, -0.1) is 11.3 Å². The first-order chi connectivity index (χ1) is 10.1. The number of amides is 1. The van der Waals surface area contributed by atoms with Gasteiger partial charge in [0.2, 0.25) is 0 Å². The van der Waals surface area contributed by atoms with Gasteiger partial charge >= 0.3 is 0 Å². The Kier molecular flexibility index (Phi) is 3.98. The smallest absolute Gasteiger partial charge is 0.265 e. The van der Waals surface area contributed by atoms with Crippen LogP contribution >= 0.6 is 11.3 Å². The number of aliphatic hydroxyl groups excluding tert-OH is 1. The summed E-state index contributed by atoms with van der Waals surface area (Å²) < 4.78 is 0. The lowest BCUT2D eigenvalue weighted by Gasteiger charge is -2.16. The van der Waals surface area contributed by atoms with Gasteiger partial charge in [0.15, 0.2) is 0 Å². The molecule has 0 aromatic carbocycles. The normalized spacial score (nSPS) is 19.7. The van der Waals surface area contributed by atoms with Crippen LogP contribution in [0.3, 0.4) is 0 Å². The number of aliphatic hydroxyl groups is 1. The van der Waals surface area contributed by atoms with Gasteiger partial charge in [-0.3, -0.25) is 9.78 Å². The second-order valence-corrected chi connectivity index (χ2v) is 6.32. The molecule has 2 atom stereocenters. The molecule has 1 aliphatic rings. The molecule has 0 aliphatic carbocycles. The van der Waals surface area contributed by atoms with E-state index in [4.69, 9.17) is 0 Å². The van der Waals surface area contributed by atoms with E-state index in [0.717, 1.165) is 17.1 Å². The molecular weight excluding hydrogens is 286 g/mol. The van der Waals surface area contributed by atoms with E-state index in [2.05, 4.69) is 9.97 Å². The van der Waals surface area contributed by atoms with Crippen LogP contribution in [0.2, 0.25) is 0 Å². The molecule has 2 aromatic rings. The standard InChI is InChI=1S/C15H17N3O2S/c1-10(19)11-5-7-18(9-11)15(20)13-8-17-14(21-13)12-4-2-3-6-16-12/h2-4,6,8,10-11,19H,5,7,9H2,1H3. The van der Waals surface area contributed by atoms with E-state index in [1.54, 1.807) is 24.2 Å². The third-order valence-electron chi connectivity index (χ3n) is 3.79. The molecule has 1 saturated heterocycles. The lowest BCUT2D eigenvalue weighted by atomic mass is 10.0. The summed E-state index contributed by atoms with van der Waals surface area (Å²) in [6.07, 6.45) is 3.82. The zero-order valence-corrected chi connectivity index (χ0v) is 12.6. The quantitative estimate of drug-likeness (QED) is 0.942. The number of aromatic nitrogens is 2. The van der Waals surface area contributed by atoms with Crippen molar-refractivity contribution in [2.45, 2.75) is 19.4 Å². The molecule has 1 amide bonds. The Balaban J connectivity index is 1.73. The molecule has 3 heterocycles. The summed E-state index contributed by atoms with van der Waals surface area (Å²) in [5.41, 5.74) is 0.782. The predicted octanol–water partition coefficient (Wildman–Crippen LogP) is 2.05. The van der Waals surface area contributed by atoms with Crippen LogP contribution in [-0.2, 0) is 0 Å². The van der Waals surface area contributed by atoms with Gasteiger partial charge in [-0.25, -0.2) is 4.98 Å². The largest absolute Gasteiger partial charge is 0.393 e. The van der Waals surface area contributed by atoms with Crippen LogP contribution in [0.25, 0.3) is 10.7 Å². The summed E-state index contributed by atoms with van der Waals surface area (Å²) >= 11 is 1.36. The fourth-order valence-corrected chi connectivity index (χ4v) is 3.36. The molecule has 3 rings (SSSR count). The van der Waals surface area contributed by atoms with Crippen LogP contribution < -0.4 is 0 Å². The van der Waals surface area contributed by atoms with Crippen molar-refractivity contribution in [1.82, 2.24) is 14.9 Å². The summed E-state index contributed by atoms with van der Waals surface area (Å²) in [5, 5.41) is 10.4. The second-order valence-electron chi connectivity index (χ2n) is 5.29. The first kappa shape index (κ1) is 14.2. The van der Waals surface area contributed by atoms with Gasteiger partial charge in [0.1, 0.15) is 9.88 Å². The third-order valence-corrected chi connectivity index (χ3v) is 4.80. The first-order valence-electron chi connectivity index (χ1n) is 6.99. The number of pyridine rings is 1. The van der Waals surface area contributed by atoms with Gasteiger partial charge in [0.05, 0.1) is 18.0 Å². The van der Waals surface area contributed by atoms with Crippen LogP contribution in [0, 0.1) is 5.92 Å². The second kappa shape index (κ2) is 5.91. The Labute approximate surface area is 127 Å². The molecule has 2 unspecified atom stereocenters. The highest BCUT2D eigenvalue weighted by molar-refractivity contribution is 7.16. The van der Waals surface area contributed by atoms with Crippen molar-refractivity contribution in [1.29, 1.82) is 0 Å². The van der Waals surface area contributed by atoms with Gasteiger partial charge in [0, 0.05) is 25.2 Å². The SMILES string of the molecule is CC(O)C1CCN(C(=O)c2cnc(-c3ccccn3)s2)C1. The molecule has 2 aromatic heterocycles. The van der Waals surface area contributed by atoms with Crippen molar-refractivity contribution >= 4 is 17.2 Å². The topological polar surface area (TPSA) is 66.3 Å². The summed E-state index contributed by atoms with van der Waals surface area (Å²) in [6, 6.07) is 5.63. The van der Waals surface area contributed by atoms with Gasteiger partial charge in [-0.1, -0.05) is 6.07 Å². The minimum Gasteiger partial charge on any atom is -0.393 e. The average molecular weight is 303 g/mol. The molecule has 0 spiro atoms. The predicted molar refractivity (Wildman–Crippen MR) is 81.0 cm³/mol. The summed E-state index contributed by atoms with van der Waals surface area (Å²) in [4.78, 5) is 23.4. The van der Waals surface area contributed by atoms with E-state index in [0.29, 0.717) is 18.0 Å². The fourth-order valence-electron chi connectivity index (χ4n) is 2.50. The monoisotopic (exact) mass is 303 g/mol. The lowest BCUT2D eigenvalue weighted by molar-refractivity contribution is 0.0767. The van der Waals surface area contributed by atoms with Gasteiger partial charge < -0.3 is 10.0 Å². The Hall–Kier alpha value is -1.79. The van der Waals surface area contributed by atoms with Crippen molar-refractivity contribution in [3.05, 3.63) is 35.5 Å². The van der Waals surface area contributed by atoms with Crippen LogP contribution in [0.15, 0.2) is 30.6 Å². The van der Waals surface area contributed by atoms with E-state index >= 15 is 0 Å². The Morgan fingerprint density at radius 2 is 2.33 bits per heavy atom. The van der Waals surface area contributed by atoms with Crippen LogP contribution in [0.4, 0.5) is 0 Å². The zero-order chi connectivity index (χ0) is 14.8. The Bertz CT molecular complexity index is 627. The number of hydrogen-bond donors (Lipinski definition) is 1. The summed E-state index contributed by atoms with van der Waals surface area (Å²) in [5.74, 6) is 0.176. The van der Waals surface area contributed by atoms with Crippen LogP contribution in [0.1, 0.15) is 23.0 Å². The van der Waals surface area contributed by atoms with Crippen molar-refractivity contribution in [3.8, 4) is 10.7 Å². The molecule has 21 heavy (non-hydrogen) atoms. The van der Waals surface area contributed by atoms with Crippen molar-refractivity contribution in [3.63, 3.8) is 0 Å². The minimum absolute atomic E-state index is 0.00201. The molecule has 110 valence electrons. The van der Waals surface area contributed by atoms with Crippen molar-refractivity contribution in [2.24, 2.45) is 5.92 Å². The van der Waals surface area contributed by atoms with Crippen molar-refractivity contribution in [2.75, 3.05) is 13.1 Å². The molecule has 0 radical (unpaired) electrons. The number of carbonyl (C=O) groups excluding carboxylic acids is 1. The average Bonchev–Trinajstić information content (AvgIpc) is 3.17. The van der Waals surface area contributed by atoms with Gasteiger partial charge in [0.25, 0.3) is 5.91 Å². The first-order valence-corrected chi connectivity index (χ1v) is 7.81. The maximum atomic E-state index is 12.5. The van der Waals surface area contributed by atoms with E-state index in [-0.39, 0.29) is 17.9 Å². The van der Waals surface area contributed by atoms with Gasteiger partial charge in [-0.05, 0) is 25.5 Å². The maximum absolute atomic E-state index is 12.5. The van der Waals surface area contributed by atoms with Crippen molar-refractivity contribution < 1.29 is 9.90 Å². The number of thiazole rings is 1. The fraction of sp³-hybridized carbons (Fsp3) is 0.400. The molecule has 0 saturated carbocycles. The number of likely N-dealkylation sites (tertiary alicyclic amines) is 1. The maximum Gasteiger partial charge on any atom is 0.265 e. The number of nitrogens with zero attached hydrogens (tertiary/aromatic N) is 3. The molecule has 1 fully saturated rings. The van der Waals surface area contributed by atoms with E-state index < -0.39 is 0 Å². The molecule has 6 heteroatoms. The van der Waals surface area contributed by atoms with Gasteiger partial charge in [-0.2, -0.15) is 0 Å². The number of rotatable bonds is 3. The number of hydrogen-bond acceptors (Lipinski definition) is 5. The molecular formula is C15H17N3O2S. The third kappa shape index (κ3) is 2.96. The highest BCUT2D eigenvalue weighted by atomic mass is 32.1. The summed E-state index contributed by atoms with van der Waals surface area (Å²) in [6.45, 7) is 3.10. The van der Waals surface area contributed by atoms with Crippen LogP contribution in [-0.4, -0.2) is 45.1 Å². The highest BCUT2D eigenvalue weighted by Crippen LogP contribution is 2.27. The molecule has 1 N–H and O–H groups in total. The Morgan fingerprint density at radius 1 is 1.48 bits per heavy atom. The van der Waals surface area contributed by atoms with E-state index in [1.807, 2.05) is 18.2 Å². The molecule has 1 aliphatic heterocycles.